The predicted molar refractivity (Wildman–Crippen MR) is 76.0 cm³/mol. The van der Waals surface area contributed by atoms with Crippen molar-refractivity contribution in [3.8, 4) is 0 Å². The van der Waals surface area contributed by atoms with Crippen LogP contribution in [-0.2, 0) is 0 Å². The summed E-state index contributed by atoms with van der Waals surface area (Å²) < 4.78 is 2.37. The Bertz CT molecular complexity index is 526. The smallest absolute Gasteiger partial charge is 0.285 e. The molecule has 1 atom stereocenters. The van der Waals surface area contributed by atoms with Crippen LogP contribution in [0, 0.1) is 27.7 Å². The van der Waals surface area contributed by atoms with Crippen molar-refractivity contribution in [1.82, 2.24) is 0 Å². The molecule has 1 heterocycles. The van der Waals surface area contributed by atoms with Crippen molar-refractivity contribution >= 4 is 18.8 Å². The first-order valence-corrected chi connectivity index (χ1v) is 6.44. The first kappa shape index (κ1) is 12.4. The van der Waals surface area contributed by atoms with Crippen LogP contribution in [0.15, 0.2) is 0 Å². The Balaban J connectivity index is 2.86. The predicted octanol–water partition coefficient (Wildman–Crippen LogP) is 3.81. The van der Waals surface area contributed by atoms with Gasteiger partial charge in [0, 0.05) is 18.1 Å². The topological polar surface area (TPSA) is 3.01 Å². The van der Waals surface area contributed by atoms with E-state index in [1.165, 1.54) is 39.2 Å². The Morgan fingerprint density at radius 2 is 1.41 bits per heavy atom. The first-order chi connectivity index (χ1) is 7.91. The minimum atomic E-state index is 0.541. The fraction of sp³-hybridized carbons (Fsp3) is 0.533. The van der Waals surface area contributed by atoms with Crippen molar-refractivity contribution in [3.63, 3.8) is 0 Å². The van der Waals surface area contributed by atoms with Crippen LogP contribution in [0.1, 0.15) is 47.6 Å². The quantitative estimate of drug-likeness (QED) is 0.642. The fourth-order valence-corrected chi connectivity index (χ4v) is 3.09. The van der Waals surface area contributed by atoms with Crippen molar-refractivity contribution < 1.29 is 4.49 Å². The highest BCUT2D eigenvalue weighted by Crippen LogP contribution is 2.42. The molecule has 1 nitrogen and oxygen atoms in total. The molecule has 0 fully saturated rings. The van der Waals surface area contributed by atoms with Crippen molar-refractivity contribution in [3.05, 3.63) is 27.8 Å². The number of rotatable bonds is 1. The minimum absolute atomic E-state index is 0.541. The van der Waals surface area contributed by atoms with Gasteiger partial charge in [0.2, 0.25) is 0 Å². The van der Waals surface area contributed by atoms with Gasteiger partial charge in [-0.05, 0) is 58.1 Å². The van der Waals surface area contributed by atoms with Gasteiger partial charge in [-0.3, -0.25) is 4.49 Å². The second-order valence-electron chi connectivity index (χ2n) is 5.25. The van der Waals surface area contributed by atoms with E-state index in [1.807, 2.05) is 0 Å². The molecule has 0 N–H and O–H groups in total. The summed E-state index contributed by atoms with van der Waals surface area (Å²) in [6.07, 6.45) is 0. The van der Waals surface area contributed by atoms with Crippen LogP contribution in [-0.4, -0.2) is 17.6 Å². The van der Waals surface area contributed by atoms with E-state index in [0.717, 1.165) is 0 Å². The molecule has 0 amide bonds. The standard InChI is InChI=1S/C15H22BN/c1-8-9(2)11(4)15-14(10(8)3)12(5)13(6)17(15)16-7/h12H,1-7H3/q+1. The van der Waals surface area contributed by atoms with Gasteiger partial charge in [-0.1, -0.05) is 0 Å². The highest BCUT2D eigenvalue weighted by Gasteiger charge is 2.36. The lowest BCUT2D eigenvalue weighted by Gasteiger charge is -2.14. The second kappa shape index (κ2) is 4.01. The molecular weight excluding hydrogens is 205 g/mol. The highest BCUT2D eigenvalue weighted by atomic mass is 15.0. The highest BCUT2D eigenvalue weighted by molar-refractivity contribution is 6.26. The third kappa shape index (κ3) is 1.50. The van der Waals surface area contributed by atoms with Crippen molar-refractivity contribution in [2.45, 2.75) is 54.3 Å². The van der Waals surface area contributed by atoms with E-state index < -0.39 is 0 Å². The lowest BCUT2D eigenvalue weighted by molar-refractivity contribution is -0.274. The van der Waals surface area contributed by atoms with Crippen LogP contribution in [0.4, 0.5) is 5.69 Å². The summed E-state index contributed by atoms with van der Waals surface area (Å²) >= 11 is 0. The normalized spacial score (nSPS) is 18.6. The van der Waals surface area contributed by atoms with Crippen LogP contribution in [0.5, 0.6) is 0 Å². The summed E-state index contributed by atoms with van der Waals surface area (Å²) in [5.74, 6) is 0.541. The van der Waals surface area contributed by atoms with E-state index in [-0.39, 0.29) is 0 Å². The van der Waals surface area contributed by atoms with Crippen molar-refractivity contribution in [1.29, 1.82) is 0 Å². The summed E-state index contributed by atoms with van der Waals surface area (Å²) in [6, 6.07) is 0. The molecule has 1 unspecified atom stereocenters. The molecule has 1 aromatic carbocycles. The molecule has 2 heteroatoms. The van der Waals surface area contributed by atoms with Crippen LogP contribution in [0.2, 0.25) is 6.82 Å². The average Bonchev–Trinajstić information content (AvgIpc) is 2.57. The molecule has 0 spiro atoms. The van der Waals surface area contributed by atoms with Gasteiger partial charge in [0.05, 0.1) is 5.92 Å². The molecule has 0 aliphatic carbocycles. The largest absolute Gasteiger partial charge is 0.536 e. The van der Waals surface area contributed by atoms with Gasteiger partial charge in [-0.15, -0.1) is 0 Å². The molecule has 1 radical (unpaired) electrons. The molecule has 0 aromatic heterocycles. The maximum Gasteiger partial charge on any atom is 0.536 e. The molecular formula is C15H22BN+. The molecule has 89 valence electrons. The van der Waals surface area contributed by atoms with E-state index in [9.17, 15) is 0 Å². The zero-order valence-electron chi connectivity index (χ0n) is 12.1. The SMILES string of the molecule is C[B][N+]1=C(C)C(C)c2c(C)c(C)c(C)c(C)c21. The summed E-state index contributed by atoms with van der Waals surface area (Å²) in [5, 5.41) is 0. The Kier molecular flexibility index (Phi) is 2.93. The van der Waals surface area contributed by atoms with E-state index in [1.54, 1.807) is 0 Å². The van der Waals surface area contributed by atoms with E-state index in [0.29, 0.717) is 5.92 Å². The maximum atomic E-state index is 2.37. The Morgan fingerprint density at radius 3 is 1.94 bits per heavy atom. The zero-order valence-corrected chi connectivity index (χ0v) is 12.1. The summed E-state index contributed by atoms with van der Waals surface area (Å²) in [5.41, 5.74) is 10.2. The van der Waals surface area contributed by atoms with Crippen molar-refractivity contribution in [2.24, 2.45) is 0 Å². The van der Waals surface area contributed by atoms with E-state index >= 15 is 0 Å². The molecule has 17 heavy (non-hydrogen) atoms. The average molecular weight is 227 g/mol. The zero-order chi connectivity index (χ0) is 12.9. The summed E-state index contributed by atoms with van der Waals surface area (Å²) in [7, 11) is 2.19. The van der Waals surface area contributed by atoms with Gasteiger partial charge < -0.3 is 0 Å². The van der Waals surface area contributed by atoms with Gasteiger partial charge >= 0.3 is 7.41 Å². The third-order valence-electron chi connectivity index (χ3n) is 4.64. The Hall–Kier alpha value is -1.05. The molecule has 1 aliphatic rings. The van der Waals surface area contributed by atoms with Gasteiger partial charge in [-0.25, -0.2) is 0 Å². The fourth-order valence-electron chi connectivity index (χ4n) is 3.09. The van der Waals surface area contributed by atoms with Gasteiger partial charge in [-0.2, -0.15) is 0 Å². The molecule has 0 bridgehead atoms. The second-order valence-corrected chi connectivity index (χ2v) is 5.25. The molecule has 1 aromatic rings. The number of benzene rings is 1. The number of hydrogen-bond donors (Lipinski definition) is 0. The summed E-state index contributed by atoms with van der Waals surface area (Å²) in [4.78, 5) is 0. The van der Waals surface area contributed by atoms with E-state index in [4.69, 9.17) is 0 Å². The van der Waals surface area contributed by atoms with E-state index in [2.05, 4.69) is 60.3 Å². The summed E-state index contributed by atoms with van der Waals surface area (Å²) in [6.45, 7) is 15.7. The number of hydrogen-bond acceptors (Lipinski definition) is 0. The monoisotopic (exact) mass is 227 g/mol. The molecule has 2 rings (SSSR count). The van der Waals surface area contributed by atoms with Gasteiger partial charge in [0.15, 0.2) is 5.69 Å². The van der Waals surface area contributed by atoms with Crippen LogP contribution in [0.3, 0.4) is 0 Å². The molecule has 1 aliphatic heterocycles. The lowest BCUT2D eigenvalue weighted by atomic mass is 9.86. The van der Waals surface area contributed by atoms with Gasteiger partial charge in [0.25, 0.3) is 0 Å². The lowest BCUT2D eigenvalue weighted by Crippen LogP contribution is -2.14. The number of fused-ring (bicyclic) bond motifs is 1. The van der Waals surface area contributed by atoms with Crippen LogP contribution < -0.4 is 0 Å². The van der Waals surface area contributed by atoms with Crippen LogP contribution >= 0.6 is 0 Å². The van der Waals surface area contributed by atoms with Crippen LogP contribution in [0.25, 0.3) is 0 Å². The number of nitrogens with zero attached hydrogens (tertiary/aromatic N) is 1. The van der Waals surface area contributed by atoms with Gasteiger partial charge in [0.1, 0.15) is 5.71 Å². The van der Waals surface area contributed by atoms with Crippen molar-refractivity contribution in [2.75, 3.05) is 0 Å². The molecule has 0 saturated heterocycles. The first-order valence-electron chi connectivity index (χ1n) is 6.44. The maximum absolute atomic E-state index is 2.37. The Morgan fingerprint density at radius 1 is 0.882 bits per heavy atom. The Labute approximate surface area is 106 Å². The third-order valence-corrected chi connectivity index (χ3v) is 4.64. The minimum Gasteiger partial charge on any atom is -0.285 e. The molecule has 0 saturated carbocycles.